The number of allylic oxidation sites excluding steroid dienone is 1. The van der Waals surface area contributed by atoms with E-state index in [9.17, 15) is 13.6 Å². The van der Waals surface area contributed by atoms with Crippen LogP contribution in [-0.2, 0) is 4.79 Å². The van der Waals surface area contributed by atoms with Gasteiger partial charge in [0.15, 0.2) is 0 Å². The Kier molecular flexibility index (Phi) is 4.82. The number of alkyl halides is 2. The Balaban J connectivity index is 2.84. The maximum Gasteiger partial charge on any atom is 0.387 e. The minimum atomic E-state index is -2.82. The summed E-state index contributed by atoms with van der Waals surface area (Å²) in [6, 6.07) is 6.15. The van der Waals surface area contributed by atoms with Gasteiger partial charge < -0.3 is 4.74 Å². The van der Waals surface area contributed by atoms with Gasteiger partial charge in [-0.1, -0.05) is 26.0 Å². The molecule has 0 aromatic heterocycles. The van der Waals surface area contributed by atoms with Crippen molar-refractivity contribution in [2.45, 2.75) is 20.5 Å². The molecule has 0 N–H and O–H groups in total. The highest BCUT2D eigenvalue weighted by Gasteiger charge is 2.04. The van der Waals surface area contributed by atoms with E-state index in [0.717, 1.165) is 11.8 Å². The van der Waals surface area contributed by atoms with Gasteiger partial charge in [0.2, 0.25) is 0 Å². The lowest BCUT2D eigenvalue weighted by atomic mass is 10.0. The van der Waals surface area contributed by atoms with E-state index >= 15 is 0 Å². The first-order valence-electron chi connectivity index (χ1n) is 5.24. The number of hydrogen-bond donors (Lipinski definition) is 0. The Labute approximate surface area is 98.9 Å². The highest BCUT2D eigenvalue weighted by molar-refractivity contribution is 5.82. The molecule has 0 unspecified atom stereocenters. The van der Waals surface area contributed by atoms with Crippen molar-refractivity contribution in [1.29, 1.82) is 0 Å². The third kappa shape index (κ3) is 4.34. The van der Waals surface area contributed by atoms with E-state index in [1.54, 1.807) is 18.2 Å². The summed E-state index contributed by atoms with van der Waals surface area (Å²) in [4.78, 5) is 10.8. The normalized spacial score (nSPS) is 12.0. The number of hydrogen-bond acceptors (Lipinski definition) is 2. The molecular formula is C13H14F2O2. The van der Waals surface area contributed by atoms with Crippen LogP contribution in [0.1, 0.15) is 19.4 Å². The van der Waals surface area contributed by atoms with Gasteiger partial charge in [-0.25, -0.2) is 0 Å². The Morgan fingerprint density at radius 1 is 1.24 bits per heavy atom. The standard InChI is InChI=1S/C13H14F2O2/c1-9(2)11(8-16)7-10-3-5-12(6-4-10)17-13(14)15/h3-9,13H,1-2H3. The summed E-state index contributed by atoms with van der Waals surface area (Å²) in [5.74, 6) is 0.235. The van der Waals surface area contributed by atoms with Crippen molar-refractivity contribution in [2.24, 2.45) is 5.92 Å². The number of aldehydes is 1. The number of benzene rings is 1. The summed E-state index contributed by atoms with van der Waals surface area (Å²) in [5.41, 5.74) is 1.44. The molecule has 0 aliphatic rings. The number of carbonyl (C=O) groups excluding carboxylic acids is 1. The lowest BCUT2D eigenvalue weighted by Crippen LogP contribution is -2.01. The monoisotopic (exact) mass is 240 g/mol. The van der Waals surface area contributed by atoms with Crippen molar-refractivity contribution in [3.05, 3.63) is 35.4 Å². The molecule has 0 saturated carbocycles. The average molecular weight is 240 g/mol. The number of rotatable bonds is 5. The van der Waals surface area contributed by atoms with Crippen LogP contribution in [-0.4, -0.2) is 12.9 Å². The molecule has 92 valence electrons. The van der Waals surface area contributed by atoms with Gasteiger partial charge in [-0.3, -0.25) is 4.79 Å². The lowest BCUT2D eigenvalue weighted by molar-refractivity contribution is -0.105. The molecule has 2 nitrogen and oxygen atoms in total. The topological polar surface area (TPSA) is 26.3 Å². The highest BCUT2D eigenvalue weighted by Crippen LogP contribution is 2.18. The van der Waals surface area contributed by atoms with E-state index in [4.69, 9.17) is 0 Å². The maximum atomic E-state index is 11.9. The second kappa shape index (κ2) is 6.13. The van der Waals surface area contributed by atoms with E-state index in [1.807, 2.05) is 13.8 Å². The van der Waals surface area contributed by atoms with Crippen LogP contribution in [0.2, 0.25) is 0 Å². The van der Waals surface area contributed by atoms with Crippen LogP contribution < -0.4 is 4.74 Å². The van der Waals surface area contributed by atoms with Crippen LogP contribution >= 0.6 is 0 Å². The lowest BCUT2D eigenvalue weighted by Gasteiger charge is -2.06. The van der Waals surface area contributed by atoms with Gasteiger partial charge in [0.1, 0.15) is 12.0 Å². The zero-order valence-corrected chi connectivity index (χ0v) is 9.69. The third-order valence-corrected chi connectivity index (χ3v) is 2.24. The molecule has 0 atom stereocenters. The molecule has 1 aromatic rings. The first-order chi connectivity index (χ1) is 8.02. The molecule has 0 aliphatic carbocycles. The van der Waals surface area contributed by atoms with Gasteiger partial charge in [-0.15, -0.1) is 0 Å². The van der Waals surface area contributed by atoms with Crippen molar-refractivity contribution in [2.75, 3.05) is 0 Å². The fourth-order valence-corrected chi connectivity index (χ4v) is 1.27. The first kappa shape index (κ1) is 13.4. The second-order valence-electron chi connectivity index (χ2n) is 3.86. The molecule has 1 aromatic carbocycles. The van der Waals surface area contributed by atoms with Crippen LogP contribution in [0.5, 0.6) is 5.75 Å². The number of halogens is 2. The van der Waals surface area contributed by atoms with Crippen LogP contribution in [0.15, 0.2) is 29.8 Å². The fraction of sp³-hybridized carbons (Fsp3) is 0.308. The van der Waals surface area contributed by atoms with Gasteiger partial charge in [-0.2, -0.15) is 8.78 Å². The highest BCUT2D eigenvalue weighted by atomic mass is 19.3. The van der Waals surface area contributed by atoms with E-state index in [0.29, 0.717) is 5.57 Å². The molecule has 1 rings (SSSR count). The second-order valence-corrected chi connectivity index (χ2v) is 3.86. The van der Waals surface area contributed by atoms with Crippen LogP contribution in [0.25, 0.3) is 6.08 Å². The number of carbonyl (C=O) groups is 1. The minimum Gasteiger partial charge on any atom is -0.435 e. The molecule has 17 heavy (non-hydrogen) atoms. The first-order valence-corrected chi connectivity index (χ1v) is 5.24. The Morgan fingerprint density at radius 2 is 1.82 bits per heavy atom. The van der Waals surface area contributed by atoms with E-state index in [1.165, 1.54) is 12.1 Å². The Morgan fingerprint density at radius 3 is 2.24 bits per heavy atom. The molecule has 0 bridgehead atoms. The predicted octanol–water partition coefficient (Wildman–Crippen LogP) is 3.53. The van der Waals surface area contributed by atoms with Gasteiger partial charge in [0.05, 0.1) is 0 Å². The zero-order valence-electron chi connectivity index (χ0n) is 9.69. The predicted molar refractivity (Wildman–Crippen MR) is 62.0 cm³/mol. The van der Waals surface area contributed by atoms with Crippen molar-refractivity contribution in [3.63, 3.8) is 0 Å². The summed E-state index contributed by atoms with van der Waals surface area (Å²) in [7, 11) is 0. The van der Waals surface area contributed by atoms with Crippen LogP contribution in [0.4, 0.5) is 8.78 Å². The zero-order chi connectivity index (χ0) is 12.8. The molecule has 0 aliphatic heterocycles. The summed E-state index contributed by atoms with van der Waals surface area (Å²) >= 11 is 0. The molecule has 0 fully saturated rings. The summed E-state index contributed by atoms with van der Waals surface area (Å²) in [6.07, 6.45) is 2.53. The summed E-state index contributed by atoms with van der Waals surface area (Å²) in [6.45, 7) is 1.00. The smallest absolute Gasteiger partial charge is 0.387 e. The molecule has 4 heteroatoms. The van der Waals surface area contributed by atoms with Gasteiger partial charge in [-0.05, 0) is 35.3 Å². The van der Waals surface area contributed by atoms with E-state index < -0.39 is 6.61 Å². The van der Waals surface area contributed by atoms with Gasteiger partial charge in [0, 0.05) is 0 Å². The molecule has 0 spiro atoms. The Bertz CT molecular complexity index is 394. The maximum absolute atomic E-state index is 11.9. The molecule has 0 radical (unpaired) electrons. The summed E-state index contributed by atoms with van der Waals surface area (Å²) in [5, 5.41) is 0. The molecule has 0 heterocycles. The SMILES string of the molecule is CC(C)C(C=O)=Cc1ccc(OC(F)F)cc1. The van der Waals surface area contributed by atoms with Crippen molar-refractivity contribution >= 4 is 12.4 Å². The third-order valence-electron chi connectivity index (χ3n) is 2.24. The molecular weight excluding hydrogens is 226 g/mol. The van der Waals surface area contributed by atoms with Crippen molar-refractivity contribution in [3.8, 4) is 5.75 Å². The van der Waals surface area contributed by atoms with Crippen LogP contribution in [0.3, 0.4) is 0 Å². The minimum absolute atomic E-state index is 0.106. The summed E-state index contributed by atoms with van der Waals surface area (Å²) < 4.78 is 28.0. The average Bonchev–Trinajstić information content (AvgIpc) is 2.26. The van der Waals surface area contributed by atoms with Gasteiger partial charge >= 0.3 is 6.61 Å². The largest absolute Gasteiger partial charge is 0.435 e. The Hall–Kier alpha value is -1.71. The van der Waals surface area contributed by atoms with Gasteiger partial charge in [0.25, 0.3) is 0 Å². The quantitative estimate of drug-likeness (QED) is 0.581. The molecule has 0 amide bonds. The van der Waals surface area contributed by atoms with E-state index in [2.05, 4.69) is 4.74 Å². The fourth-order valence-electron chi connectivity index (χ4n) is 1.27. The van der Waals surface area contributed by atoms with Crippen LogP contribution in [0, 0.1) is 5.92 Å². The van der Waals surface area contributed by atoms with Crippen molar-refractivity contribution in [1.82, 2.24) is 0 Å². The van der Waals surface area contributed by atoms with E-state index in [-0.39, 0.29) is 11.7 Å². The number of ether oxygens (including phenoxy) is 1. The van der Waals surface area contributed by atoms with Crippen molar-refractivity contribution < 1.29 is 18.3 Å². The molecule has 0 saturated heterocycles.